The molecule has 2 aromatic heterocycles. The van der Waals surface area contributed by atoms with Gasteiger partial charge >= 0.3 is 5.97 Å². The highest BCUT2D eigenvalue weighted by molar-refractivity contribution is 5.76. The number of aromatic nitrogens is 3. The van der Waals surface area contributed by atoms with Gasteiger partial charge in [0.05, 0.1) is 27.1 Å². The Morgan fingerprint density at radius 3 is 2.61 bits per heavy atom. The number of para-hydroxylation sites is 2. The van der Waals surface area contributed by atoms with E-state index in [4.69, 9.17) is 9.15 Å². The molecule has 0 aliphatic heterocycles. The fourth-order valence-corrected chi connectivity index (χ4v) is 2.58. The number of oxazole rings is 1. The first-order chi connectivity index (χ1) is 13.6. The Balaban J connectivity index is 0.000000403. The number of imidazole rings is 1. The monoisotopic (exact) mass is 379 g/mol. The van der Waals surface area contributed by atoms with Crippen molar-refractivity contribution in [3.8, 4) is 17.2 Å². The average molecular weight is 379 g/mol. The highest BCUT2D eigenvalue weighted by Gasteiger charge is 2.11. The Morgan fingerprint density at radius 1 is 1.18 bits per heavy atom. The molecule has 0 N–H and O–H groups in total. The van der Waals surface area contributed by atoms with E-state index in [1.165, 1.54) is 14.0 Å². The normalized spacial score (nSPS) is 10.2. The van der Waals surface area contributed by atoms with Crippen LogP contribution in [0.15, 0.2) is 65.6 Å². The van der Waals surface area contributed by atoms with Crippen molar-refractivity contribution in [3.63, 3.8) is 0 Å². The number of carbonyl (C=O) groups excluding carboxylic acids is 1. The molecular weight excluding hydrogens is 358 g/mol. The van der Waals surface area contributed by atoms with Gasteiger partial charge in [-0.2, -0.15) is 0 Å². The van der Waals surface area contributed by atoms with Crippen LogP contribution in [0.3, 0.4) is 0 Å². The average Bonchev–Trinajstić information content (AvgIpc) is 3.38. The maximum absolute atomic E-state index is 9.59. The number of hydrogen-bond donors (Lipinski definition) is 0. The molecule has 0 unspecified atom stereocenters. The van der Waals surface area contributed by atoms with E-state index in [-0.39, 0.29) is 5.97 Å². The predicted molar refractivity (Wildman–Crippen MR) is 105 cm³/mol. The molecule has 28 heavy (non-hydrogen) atoms. The second-order valence-corrected chi connectivity index (χ2v) is 5.94. The molecule has 0 saturated heterocycles. The third-order valence-electron chi connectivity index (χ3n) is 4.03. The van der Waals surface area contributed by atoms with Crippen molar-refractivity contribution in [1.29, 1.82) is 0 Å². The molecule has 0 fully saturated rings. The molecule has 7 nitrogen and oxygen atoms in total. The Kier molecular flexibility index (Phi) is 6.06. The summed E-state index contributed by atoms with van der Waals surface area (Å²) in [5.74, 6) is 1.15. The molecule has 0 bridgehead atoms. The van der Waals surface area contributed by atoms with Crippen molar-refractivity contribution in [2.75, 3.05) is 14.2 Å². The van der Waals surface area contributed by atoms with Gasteiger partial charge < -0.3 is 18.5 Å². The summed E-state index contributed by atoms with van der Waals surface area (Å²) >= 11 is 0. The molecule has 2 aromatic carbocycles. The minimum atomic E-state index is -0.245. The van der Waals surface area contributed by atoms with Crippen LogP contribution in [0.25, 0.3) is 22.6 Å². The van der Waals surface area contributed by atoms with E-state index in [2.05, 4.69) is 14.7 Å². The van der Waals surface area contributed by atoms with Crippen LogP contribution in [-0.4, -0.2) is 34.7 Å². The van der Waals surface area contributed by atoms with Crippen LogP contribution >= 0.6 is 0 Å². The molecule has 0 spiro atoms. The number of carbonyl (C=O) groups is 1. The third kappa shape index (κ3) is 4.56. The maximum Gasteiger partial charge on any atom is 0.302 e. The zero-order chi connectivity index (χ0) is 19.9. The number of methoxy groups -OCH3 is 2. The topological polar surface area (TPSA) is 79.4 Å². The van der Waals surface area contributed by atoms with Gasteiger partial charge in [-0.25, -0.2) is 9.97 Å². The van der Waals surface area contributed by atoms with E-state index in [1.54, 1.807) is 19.6 Å². The molecule has 0 amide bonds. The Morgan fingerprint density at radius 2 is 1.96 bits per heavy atom. The second-order valence-electron chi connectivity index (χ2n) is 5.94. The van der Waals surface area contributed by atoms with Crippen LogP contribution in [0.5, 0.6) is 5.75 Å². The lowest BCUT2D eigenvalue weighted by atomic mass is 10.1. The van der Waals surface area contributed by atoms with Crippen molar-refractivity contribution in [2.24, 2.45) is 0 Å². The molecule has 0 atom stereocenters. The fraction of sp³-hybridized carbons (Fsp3) is 0.190. The highest BCUT2D eigenvalue weighted by atomic mass is 16.5. The summed E-state index contributed by atoms with van der Waals surface area (Å²) in [5.41, 5.74) is 3.60. The van der Waals surface area contributed by atoms with Crippen LogP contribution in [-0.2, 0) is 16.1 Å². The largest absolute Gasteiger partial charge is 0.496 e. The molecule has 0 radical (unpaired) electrons. The number of ether oxygens (including phenoxy) is 2. The molecule has 0 saturated carbocycles. The van der Waals surface area contributed by atoms with Gasteiger partial charge in [0.25, 0.3) is 0 Å². The predicted octanol–water partition coefficient (Wildman–Crippen LogP) is 3.93. The first kappa shape index (κ1) is 19.2. The van der Waals surface area contributed by atoms with Crippen molar-refractivity contribution in [2.45, 2.75) is 13.5 Å². The van der Waals surface area contributed by atoms with Crippen LogP contribution in [0.4, 0.5) is 0 Å². The second kappa shape index (κ2) is 8.85. The molecule has 4 aromatic rings. The van der Waals surface area contributed by atoms with Crippen molar-refractivity contribution in [3.05, 3.63) is 66.7 Å². The highest BCUT2D eigenvalue weighted by Crippen LogP contribution is 2.29. The number of benzene rings is 2. The van der Waals surface area contributed by atoms with E-state index in [9.17, 15) is 4.79 Å². The van der Waals surface area contributed by atoms with Crippen molar-refractivity contribution >= 4 is 17.1 Å². The van der Waals surface area contributed by atoms with Gasteiger partial charge in [-0.15, -0.1) is 0 Å². The Bertz CT molecular complexity index is 1020. The first-order valence-electron chi connectivity index (χ1n) is 8.64. The van der Waals surface area contributed by atoms with Crippen LogP contribution in [0.2, 0.25) is 0 Å². The zero-order valence-electron chi connectivity index (χ0n) is 16.0. The van der Waals surface area contributed by atoms with Crippen LogP contribution < -0.4 is 4.74 Å². The minimum absolute atomic E-state index is 0.245. The molecular formula is C21H21N3O4. The SMILES string of the molecule is COC(C)=O.COc1cc(-c2nc3ccccc3o2)ccc1Cn1ccnc1. The number of fused-ring (bicyclic) bond motifs is 1. The molecule has 4 rings (SSSR count). The van der Waals surface area contributed by atoms with Gasteiger partial charge in [-0.3, -0.25) is 4.79 Å². The summed E-state index contributed by atoms with van der Waals surface area (Å²) in [6.45, 7) is 2.07. The number of nitrogens with zero attached hydrogens (tertiary/aromatic N) is 3. The van der Waals surface area contributed by atoms with Gasteiger partial charge in [0, 0.05) is 30.4 Å². The lowest BCUT2D eigenvalue weighted by Crippen LogP contribution is -1.99. The number of esters is 1. The molecule has 0 aliphatic carbocycles. The zero-order valence-corrected chi connectivity index (χ0v) is 16.0. The smallest absolute Gasteiger partial charge is 0.302 e. The van der Waals surface area contributed by atoms with Gasteiger partial charge in [0.15, 0.2) is 5.58 Å². The molecule has 0 aliphatic rings. The fourth-order valence-electron chi connectivity index (χ4n) is 2.58. The summed E-state index contributed by atoms with van der Waals surface area (Å²) in [6.07, 6.45) is 5.47. The van der Waals surface area contributed by atoms with Gasteiger partial charge in [0.2, 0.25) is 5.89 Å². The van der Waals surface area contributed by atoms with E-state index < -0.39 is 0 Å². The van der Waals surface area contributed by atoms with Gasteiger partial charge in [-0.1, -0.05) is 18.2 Å². The molecule has 144 valence electrons. The van der Waals surface area contributed by atoms with E-state index in [0.717, 1.165) is 28.0 Å². The van der Waals surface area contributed by atoms with Crippen LogP contribution in [0.1, 0.15) is 12.5 Å². The summed E-state index contributed by atoms with van der Waals surface area (Å²) < 4.78 is 17.5. The van der Waals surface area contributed by atoms with E-state index in [0.29, 0.717) is 12.4 Å². The first-order valence-corrected chi connectivity index (χ1v) is 8.64. The standard InChI is InChI=1S/C18H15N3O2.C3H6O2/c1-22-17-10-13(6-7-14(17)11-21-9-8-19-12-21)18-20-15-4-2-3-5-16(15)23-18;1-3(4)5-2/h2-10,12H,11H2,1H3;1-2H3. The third-order valence-corrected chi connectivity index (χ3v) is 4.03. The lowest BCUT2D eigenvalue weighted by Gasteiger charge is -2.10. The van der Waals surface area contributed by atoms with Crippen molar-refractivity contribution in [1.82, 2.24) is 14.5 Å². The van der Waals surface area contributed by atoms with Gasteiger partial charge in [-0.05, 0) is 24.3 Å². The number of hydrogen-bond acceptors (Lipinski definition) is 6. The lowest BCUT2D eigenvalue weighted by molar-refractivity contribution is -0.137. The van der Waals surface area contributed by atoms with E-state index >= 15 is 0 Å². The van der Waals surface area contributed by atoms with Crippen LogP contribution in [0, 0.1) is 0 Å². The summed E-state index contributed by atoms with van der Waals surface area (Å²) in [4.78, 5) is 18.2. The summed E-state index contributed by atoms with van der Waals surface area (Å²) in [7, 11) is 3.02. The van der Waals surface area contributed by atoms with E-state index in [1.807, 2.05) is 53.2 Å². The molecule has 7 heteroatoms. The maximum atomic E-state index is 9.59. The number of rotatable bonds is 4. The Labute approximate surface area is 162 Å². The van der Waals surface area contributed by atoms with Gasteiger partial charge in [0.1, 0.15) is 11.3 Å². The quantitative estimate of drug-likeness (QED) is 0.500. The summed E-state index contributed by atoms with van der Waals surface area (Å²) in [5, 5.41) is 0. The molecule has 2 heterocycles. The Hall–Kier alpha value is -3.61. The van der Waals surface area contributed by atoms with Crippen molar-refractivity contribution < 1.29 is 18.7 Å². The minimum Gasteiger partial charge on any atom is -0.496 e. The summed E-state index contributed by atoms with van der Waals surface area (Å²) in [6, 6.07) is 13.7.